The SMILES string of the molecule is CCC(CNCC(C)C)OCCCc1ccncc1. The average Bonchev–Trinajstić information content (AvgIpc) is 2.42. The van der Waals surface area contributed by atoms with Crippen molar-refractivity contribution in [2.45, 2.75) is 46.1 Å². The highest BCUT2D eigenvalue weighted by molar-refractivity contribution is 5.09. The molecular formula is C16H28N2O. The molecule has 3 heteroatoms. The summed E-state index contributed by atoms with van der Waals surface area (Å²) in [5.41, 5.74) is 1.34. The van der Waals surface area contributed by atoms with E-state index in [2.05, 4.69) is 43.2 Å². The fourth-order valence-electron chi connectivity index (χ4n) is 1.93. The summed E-state index contributed by atoms with van der Waals surface area (Å²) in [5, 5.41) is 3.46. The highest BCUT2D eigenvalue weighted by Crippen LogP contribution is 2.03. The van der Waals surface area contributed by atoms with Gasteiger partial charge in [0, 0.05) is 25.5 Å². The molecule has 108 valence electrons. The van der Waals surface area contributed by atoms with Crippen molar-refractivity contribution >= 4 is 0 Å². The van der Waals surface area contributed by atoms with Crippen LogP contribution in [0.25, 0.3) is 0 Å². The predicted octanol–water partition coefficient (Wildman–Crippen LogP) is 3.06. The minimum Gasteiger partial charge on any atom is -0.377 e. The van der Waals surface area contributed by atoms with E-state index in [4.69, 9.17) is 4.74 Å². The molecule has 1 unspecified atom stereocenters. The van der Waals surface area contributed by atoms with Crippen LogP contribution in [0.1, 0.15) is 39.2 Å². The van der Waals surface area contributed by atoms with Crippen LogP contribution in [0.3, 0.4) is 0 Å². The van der Waals surface area contributed by atoms with Crippen LogP contribution < -0.4 is 5.32 Å². The molecule has 0 aliphatic rings. The lowest BCUT2D eigenvalue weighted by Gasteiger charge is -2.17. The molecule has 0 aromatic carbocycles. The molecule has 1 N–H and O–H groups in total. The van der Waals surface area contributed by atoms with Crippen LogP contribution >= 0.6 is 0 Å². The molecule has 0 saturated heterocycles. The molecule has 0 spiro atoms. The Morgan fingerprint density at radius 1 is 1.21 bits per heavy atom. The molecule has 0 fully saturated rings. The highest BCUT2D eigenvalue weighted by atomic mass is 16.5. The van der Waals surface area contributed by atoms with Crippen LogP contribution in [0.5, 0.6) is 0 Å². The van der Waals surface area contributed by atoms with Crippen molar-refractivity contribution in [3.63, 3.8) is 0 Å². The van der Waals surface area contributed by atoms with E-state index in [1.807, 2.05) is 12.4 Å². The normalized spacial score (nSPS) is 12.8. The monoisotopic (exact) mass is 264 g/mol. The van der Waals surface area contributed by atoms with E-state index < -0.39 is 0 Å². The summed E-state index contributed by atoms with van der Waals surface area (Å²) in [6.45, 7) is 9.50. The lowest BCUT2D eigenvalue weighted by Crippen LogP contribution is -2.31. The number of pyridine rings is 1. The van der Waals surface area contributed by atoms with Crippen molar-refractivity contribution in [3.8, 4) is 0 Å². The van der Waals surface area contributed by atoms with Crippen LogP contribution in [0.2, 0.25) is 0 Å². The molecule has 19 heavy (non-hydrogen) atoms. The second-order valence-corrected chi connectivity index (χ2v) is 5.41. The van der Waals surface area contributed by atoms with Gasteiger partial charge in [0.1, 0.15) is 0 Å². The molecule has 0 aliphatic carbocycles. The van der Waals surface area contributed by atoms with Crippen molar-refractivity contribution in [1.82, 2.24) is 10.3 Å². The Labute approximate surface area is 117 Å². The number of aryl methyl sites for hydroxylation is 1. The number of nitrogens with zero attached hydrogens (tertiary/aromatic N) is 1. The van der Waals surface area contributed by atoms with E-state index in [-0.39, 0.29) is 0 Å². The topological polar surface area (TPSA) is 34.1 Å². The zero-order chi connectivity index (χ0) is 13.9. The van der Waals surface area contributed by atoms with Crippen molar-refractivity contribution < 1.29 is 4.74 Å². The minimum absolute atomic E-state index is 0.344. The van der Waals surface area contributed by atoms with Crippen molar-refractivity contribution in [3.05, 3.63) is 30.1 Å². The Balaban J connectivity index is 2.09. The van der Waals surface area contributed by atoms with E-state index in [9.17, 15) is 0 Å². The second kappa shape index (κ2) is 9.93. The first kappa shape index (κ1) is 16.1. The maximum absolute atomic E-state index is 5.92. The summed E-state index contributed by atoms with van der Waals surface area (Å²) in [7, 11) is 0. The lowest BCUT2D eigenvalue weighted by molar-refractivity contribution is 0.0490. The number of nitrogens with one attached hydrogen (secondary N) is 1. The van der Waals surface area contributed by atoms with Gasteiger partial charge in [-0.15, -0.1) is 0 Å². The molecule has 1 rings (SSSR count). The molecule has 1 aromatic heterocycles. The first-order valence-corrected chi connectivity index (χ1v) is 7.43. The number of aromatic nitrogens is 1. The Morgan fingerprint density at radius 2 is 1.95 bits per heavy atom. The van der Waals surface area contributed by atoms with E-state index in [1.165, 1.54) is 5.56 Å². The summed E-state index contributed by atoms with van der Waals surface area (Å²) in [6, 6.07) is 4.14. The van der Waals surface area contributed by atoms with Gasteiger partial charge < -0.3 is 10.1 Å². The maximum atomic E-state index is 5.92. The van der Waals surface area contributed by atoms with E-state index in [0.717, 1.165) is 39.0 Å². The van der Waals surface area contributed by atoms with Crippen LogP contribution in [0.4, 0.5) is 0 Å². The molecule has 1 atom stereocenters. The van der Waals surface area contributed by atoms with Gasteiger partial charge in [0.25, 0.3) is 0 Å². The van der Waals surface area contributed by atoms with Crippen LogP contribution in [0.15, 0.2) is 24.5 Å². The largest absolute Gasteiger partial charge is 0.377 e. The van der Waals surface area contributed by atoms with Crippen LogP contribution in [-0.4, -0.2) is 30.8 Å². The van der Waals surface area contributed by atoms with Gasteiger partial charge in [0.05, 0.1) is 6.10 Å². The number of rotatable bonds is 10. The molecule has 1 heterocycles. The van der Waals surface area contributed by atoms with Gasteiger partial charge in [0.2, 0.25) is 0 Å². The summed E-state index contributed by atoms with van der Waals surface area (Å²) < 4.78 is 5.92. The molecule has 0 aliphatic heterocycles. The third-order valence-electron chi connectivity index (χ3n) is 3.09. The number of ether oxygens (including phenoxy) is 1. The quantitative estimate of drug-likeness (QED) is 0.660. The molecule has 0 amide bonds. The third kappa shape index (κ3) is 7.96. The lowest BCUT2D eigenvalue weighted by atomic mass is 10.1. The minimum atomic E-state index is 0.344. The zero-order valence-electron chi connectivity index (χ0n) is 12.6. The average molecular weight is 264 g/mol. The Kier molecular flexibility index (Phi) is 8.43. The van der Waals surface area contributed by atoms with Crippen molar-refractivity contribution in [1.29, 1.82) is 0 Å². The fourth-order valence-corrected chi connectivity index (χ4v) is 1.93. The molecule has 3 nitrogen and oxygen atoms in total. The van der Waals surface area contributed by atoms with E-state index >= 15 is 0 Å². The Bertz CT molecular complexity index is 314. The predicted molar refractivity (Wildman–Crippen MR) is 80.3 cm³/mol. The van der Waals surface area contributed by atoms with E-state index in [1.54, 1.807) is 0 Å². The summed E-state index contributed by atoms with van der Waals surface area (Å²) >= 11 is 0. The number of hydrogen-bond acceptors (Lipinski definition) is 3. The van der Waals surface area contributed by atoms with Crippen LogP contribution in [0, 0.1) is 5.92 Å². The third-order valence-corrected chi connectivity index (χ3v) is 3.09. The molecular weight excluding hydrogens is 236 g/mol. The Morgan fingerprint density at radius 3 is 2.58 bits per heavy atom. The standard InChI is InChI=1S/C16H28N2O/c1-4-16(13-18-12-14(2)3)19-11-5-6-15-7-9-17-10-8-15/h7-10,14,16,18H,4-6,11-13H2,1-3H3. The zero-order valence-corrected chi connectivity index (χ0v) is 12.6. The smallest absolute Gasteiger partial charge is 0.0696 e. The van der Waals surface area contributed by atoms with Gasteiger partial charge in [-0.2, -0.15) is 0 Å². The maximum Gasteiger partial charge on any atom is 0.0696 e. The van der Waals surface area contributed by atoms with Gasteiger partial charge >= 0.3 is 0 Å². The second-order valence-electron chi connectivity index (χ2n) is 5.41. The Hall–Kier alpha value is -0.930. The van der Waals surface area contributed by atoms with Crippen molar-refractivity contribution in [2.75, 3.05) is 19.7 Å². The molecule has 0 radical (unpaired) electrons. The number of hydrogen-bond donors (Lipinski definition) is 1. The van der Waals surface area contributed by atoms with Gasteiger partial charge in [-0.05, 0) is 49.4 Å². The molecule has 0 bridgehead atoms. The van der Waals surface area contributed by atoms with Gasteiger partial charge in [-0.3, -0.25) is 4.98 Å². The summed E-state index contributed by atoms with van der Waals surface area (Å²) in [6.07, 6.45) is 7.25. The first-order chi connectivity index (χ1) is 9.22. The summed E-state index contributed by atoms with van der Waals surface area (Å²) in [5.74, 6) is 0.698. The van der Waals surface area contributed by atoms with Gasteiger partial charge in [0.15, 0.2) is 0 Å². The van der Waals surface area contributed by atoms with E-state index in [0.29, 0.717) is 12.0 Å². The summed E-state index contributed by atoms with van der Waals surface area (Å²) in [4.78, 5) is 4.02. The van der Waals surface area contributed by atoms with Crippen molar-refractivity contribution in [2.24, 2.45) is 5.92 Å². The van der Waals surface area contributed by atoms with Crippen LogP contribution in [-0.2, 0) is 11.2 Å². The molecule has 0 saturated carbocycles. The van der Waals surface area contributed by atoms with Gasteiger partial charge in [-0.25, -0.2) is 0 Å². The first-order valence-electron chi connectivity index (χ1n) is 7.43. The highest BCUT2D eigenvalue weighted by Gasteiger charge is 2.06. The molecule has 1 aromatic rings. The fraction of sp³-hybridized carbons (Fsp3) is 0.688. The van der Waals surface area contributed by atoms with Gasteiger partial charge in [-0.1, -0.05) is 20.8 Å².